The average Bonchev–Trinajstić information content (AvgIpc) is 2.90. The van der Waals surface area contributed by atoms with Crippen LogP contribution in [0.1, 0.15) is 77.0 Å². The first-order valence-electron chi connectivity index (χ1n) is 8.71. The molecule has 3 aliphatic carbocycles. The summed E-state index contributed by atoms with van der Waals surface area (Å²) >= 11 is 0. The van der Waals surface area contributed by atoms with Gasteiger partial charge in [-0.15, -0.1) is 0 Å². The van der Waals surface area contributed by atoms with Gasteiger partial charge >= 0.3 is 0 Å². The van der Waals surface area contributed by atoms with E-state index in [-0.39, 0.29) is 0 Å². The maximum Gasteiger partial charge on any atom is 0.0474 e. The quantitative estimate of drug-likeness (QED) is 0.816. The van der Waals surface area contributed by atoms with Gasteiger partial charge in [0.25, 0.3) is 0 Å². The van der Waals surface area contributed by atoms with Crippen molar-refractivity contribution in [3.63, 3.8) is 0 Å². The number of aliphatic hydroxyl groups excluding tert-OH is 1. The third kappa shape index (κ3) is 2.85. The standard InChI is InChI=1S/C17H31NO/c19-13-14-7-6-8-15(14)18-16-9-2-5-12-17(16)10-3-1-4-11-17/h14-16,18-19H,1-13H2/t14-,15+,16-/m0/s1. The molecule has 0 heterocycles. The topological polar surface area (TPSA) is 32.3 Å². The molecule has 110 valence electrons. The van der Waals surface area contributed by atoms with Gasteiger partial charge in [-0.25, -0.2) is 0 Å². The number of aliphatic hydroxyl groups is 1. The molecular weight excluding hydrogens is 234 g/mol. The van der Waals surface area contributed by atoms with Crippen LogP contribution in [0.15, 0.2) is 0 Å². The van der Waals surface area contributed by atoms with E-state index in [1.165, 1.54) is 77.0 Å². The van der Waals surface area contributed by atoms with Gasteiger partial charge in [0.05, 0.1) is 0 Å². The smallest absolute Gasteiger partial charge is 0.0474 e. The second-order valence-electron chi connectivity index (χ2n) is 7.37. The molecule has 0 radical (unpaired) electrons. The molecule has 3 rings (SSSR count). The maximum atomic E-state index is 9.53. The van der Waals surface area contributed by atoms with Gasteiger partial charge in [0, 0.05) is 18.7 Å². The highest BCUT2D eigenvalue weighted by Crippen LogP contribution is 2.48. The second-order valence-corrected chi connectivity index (χ2v) is 7.37. The van der Waals surface area contributed by atoms with Crippen LogP contribution in [-0.4, -0.2) is 23.8 Å². The zero-order valence-corrected chi connectivity index (χ0v) is 12.4. The van der Waals surface area contributed by atoms with Gasteiger partial charge in [-0.05, 0) is 49.9 Å². The fraction of sp³-hybridized carbons (Fsp3) is 1.00. The molecule has 0 saturated heterocycles. The van der Waals surface area contributed by atoms with Gasteiger partial charge in [-0.2, -0.15) is 0 Å². The minimum Gasteiger partial charge on any atom is -0.396 e. The Hall–Kier alpha value is -0.0800. The molecule has 0 bridgehead atoms. The van der Waals surface area contributed by atoms with Gasteiger partial charge in [0.2, 0.25) is 0 Å². The molecular formula is C17H31NO. The van der Waals surface area contributed by atoms with Crippen LogP contribution in [0.25, 0.3) is 0 Å². The van der Waals surface area contributed by atoms with E-state index in [9.17, 15) is 5.11 Å². The van der Waals surface area contributed by atoms with Crippen molar-refractivity contribution in [3.8, 4) is 0 Å². The lowest BCUT2D eigenvalue weighted by Crippen LogP contribution is -2.53. The summed E-state index contributed by atoms with van der Waals surface area (Å²) < 4.78 is 0. The summed E-state index contributed by atoms with van der Waals surface area (Å²) in [6.45, 7) is 0.386. The molecule has 1 spiro atoms. The van der Waals surface area contributed by atoms with Gasteiger partial charge in [0.1, 0.15) is 0 Å². The molecule has 0 aromatic rings. The SMILES string of the molecule is OC[C@@H]1CCC[C@H]1N[C@H]1CCCCC12CCCCC2. The summed E-state index contributed by atoms with van der Waals surface area (Å²) in [5, 5.41) is 13.5. The highest BCUT2D eigenvalue weighted by Gasteiger charge is 2.42. The Kier molecular flexibility index (Phi) is 4.48. The zero-order valence-electron chi connectivity index (χ0n) is 12.4. The molecule has 0 aliphatic heterocycles. The molecule has 3 aliphatic rings. The molecule has 0 unspecified atom stereocenters. The summed E-state index contributed by atoms with van der Waals surface area (Å²) in [6.07, 6.45) is 16.8. The summed E-state index contributed by atoms with van der Waals surface area (Å²) in [7, 11) is 0. The van der Waals surface area contributed by atoms with Crippen molar-refractivity contribution in [2.45, 2.75) is 89.1 Å². The monoisotopic (exact) mass is 265 g/mol. The third-order valence-electron chi connectivity index (χ3n) is 6.31. The van der Waals surface area contributed by atoms with Crippen molar-refractivity contribution in [1.29, 1.82) is 0 Å². The Morgan fingerprint density at radius 1 is 0.842 bits per heavy atom. The summed E-state index contributed by atoms with van der Waals surface area (Å²) in [6, 6.07) is 1.35. The van der Waals surface area contributed by atoms with E-state index in [0.717, 1.165) is 6.04 Å². The summed E-state index contributed by atoms with van der Waals surface area (Å²) in [5.41, 5.74) is 0.624. The normalized spacial score (nSPS) is 38.7. The molecule has 2 nitrogen and oxygen atoms in total. The lowest BCUT2D eigenvalue weighted by molar-refractivity contribution is 0.0603. The van der Waals surface area contributed by atoms with Gasteiger partial charge in [-0.3, -0.25) is 0 Å². The largest absolute Gasteiger partial charge is 0.396 e. The van der Waals surface area contributed by atoms with Crippen LogP contribution in [0, 0.1) is 11.3 Å². The number of rotatable bonds is 3. The lowest BCUT2D eigenvalue weighted by Gasteiger charge is -2.48. The third-order valence-corrected chi connectivity index (χ3v) is 6.31. The van der Waals surface area contributed by atoms with Crippen LogP contribution in [0.4, 0.5) is 0 Å². The van der Waals surface area contributed by atoms with E-state index in [2.05, 4.69) is 5.32 Å². The van der Waals surface area contributed by atoms with Gasteiger partial charge in [-0.1, -0.05) is 38.5 Å². The molecule has 3 atom stereocenters. The maximum absolute atomic E-state index is 9.53. The Balaban J connectivity index is 1.66. The van der Waals surface area contributed by atoms with Crippen LogP contribution in [0.2, 0.25) is 0 Å². The Bertz CT molecular complexity index is 277. The van der Waals surface area contributed by atoms with Crippen molar-refractivity contribution in [3.05, 3.63) is 0 Å². The van der Waals surface area contributed by atoms with Crippen LogP contribution in [-0.2, 0) is 0 Å². The van der Waals surface area contributed by atoms with Gasteiger partial charge < -0.3 is 10.4 Å². The van der Waals surface area contributed by atoms with Gasteiger partial charge in [0.15, 0.2) is 0 Å². The van der Waals surface area contributed by atoms with Crippen molar-refractivity contribution < 1.29 is 5.11 Å². The second kappa shape index (κ2) is 6.13. The van der Waals surface area contributed by atoms with E-state index >= 15 is 0 Å². The van der Waals surface area contributed by atoms with Crippen molar-refractivity contribution >= 4 is 0 Å². The lowest BCUT2D eigenvalue weighted by atomic mass is 9.62. The predicted octanol–water partition coefficient (Wildman–Crippen LogP) is 3.63. The van der Waals surface area contributed by atoms with Crippen LogP contribution < -0.4 is 5.32 Å². The molecule has 3 saturated carbocycles. The number of hydrogen-bond acceptors (Lipinski definition) is 2. The van der Waals surface area contributed by atoms with Crippen LogP contribution in [0.5, 0.6) is 0 Å². The molecule has 3 fully saturated rings. The highest BCUT2D eigenvalue weighted by molar-refractivity contribution is 4.98. The van der Waals surface area contributed by atoms with Crippen molar-refractivity contribution in [2.24, 2.45) is 11.3 Å². The predicted molar refractivity (Wildman–Crippen MR) is 79.1 cm³/mol. The minimum absolute atomic E-state index is 0.386. The molecule has 0 aromatic heterocycles. The fourth-order valence-electron chi connectivity index (χ4n) is 5.15. The molecule has 0 aromatic carbocycles. The van der Waals surface area contributed by atoms with Crippen LogP contribution in [0.3, 0.4) is 0 Å². The Morgan fingerprint density at radius 3 is 2.32 bits per heavy atom. The van der Waals surface area contributed by atoms with Crippen molar-refractivity contribution in [1.82, 2.24) is 5.32 Å². The van der Waals surface area contributed by atoms with E-state index in [1.54, 1.807) is 0 Å². The fourth-order valence-corrected chi connectivity index (χ4v) is 5.15. The first kappa shape index (κ1) is 13.9. The van der Waals surface area contributed by atoms with E-state index in [1.807, 2.05) is 0 Å². The Morgan fingerprint density at radius 2 is 1.58 bits per heavy atom. The average molecular weight is 265 g/mol. The van der Waals surface area contributed by atoms with E-state index < -0.39 is 0 Å². The van der Waals surface area contributed by atoms with E-state index in [4.69, 9.17) is 0 Å². The molecule has 2 N–H and O–H groups in total. The molecule has 0 amide bonds. The highest BCUT2D eigenvalue weighted by atomic mass is 16.3. The van der Waals surface area contributed by atoms with Crippen molar-refractivity contribution in [2.75, 3.05) is 6.61 Å². The molecule has 2 heteroatoms. The van der Waals surface area contributed by atoms with E-state index in [0.29, 0.717) is 24.0 Å². The first-order valence-corrected chi connectivity index (χ1v) is 8.71. The number of nitrogens with one attached hydrogen (secondary N) is 1. The first-order chi connectivity index (χ1) is 9.34. The summed E-state index contributed by atoms with van der Waals surface area (Å²) in [4.78, 5) is 0. The number of hydrogen-bond donors (Lipinski definition) is 2. The Labute approximate surface area is 118 Å². The summed E-state index contributed by atoms with van der Waals surface area (Å²) in [5.74, 6) is 0.530. The zero-order chi connectivity index (χ0) is 13.1. The van der Waals surface area contributed by atoms with Crippen LogP contribution >= 0.6 is 0 Å². The minimum atomic E-state index is 0.386. The molecule has 19 heavy (non-hydrogen) atoms.